The molecule has 0 saturated heterocycles. The molecule has 0 amide bonds. The molecule has 1 aromatic rings. The van der Waals surface area contributed by atoms with Gasteiger partial charge in [0.25, 0.3) is 5.69 Å². The Morgan fingerprint density at radius 1 is 1.37 bits per heavy atom. The van der Waals surface area contributed by atoms with E-state index in [1.807, 2.05) is 0 Å². The normalized spacial score (nSPS) is 13.7. The first-order chi connectivity index (χ1) is 8.73. The van der Waals surface area contributed by atoms with Gasteiger partial charge in [-0.2, -0.15) is 0 Å². The van der Waals surface area contributed by atoms with Gasteiger partial charge in [-0.1, -0.05) is 23.2 Å². The highest BCUT2D eigenvalue weighted by molar-refractivity contribution is 6.39. The smallest absolute Gasteiger partial charge is 0.308 e. The van der Waals surface area contributed by atoms with Crippen molar-refractivity contribution >= 4 is 40.5 Å². The Hall–Kier alpha value is -1.53. The van der Waals surface area contributed by atoms with E-state index in [1.54, 1.807) is 6.92 Å². The van der Waals surface area contributed by atoms with Crippen LogP contribution in [0, 0.1) is 16.0 Å². The number of rotatable bonds is 5. The third kappa shape index (κ3) is 3.71. The zero-order valence-electron chi connectivity index (χ0n) is 10.2. The molecule has 1 aromatic carbocycles. The van der Waals surface area contributed by atoms with E-state index < -0.39 is 22.9 Å². The van der Waals surface area contributed by atoms with Gasteiger partial charge < -0.3 is 10.4 Å². The number of nitro groups is 1. The minimum absolute atomic E-state index is 0.0728. The Kier molecular flexibility index (Phi) is 4.97. The lowest BCUT2D eigenvalue weighted by Crippen LogP contribution is -2.29. The summed E-state index contributed by atoms with van der Waals surface area (Å²) >= 11 is 11.8. The van der Waals surface area contributed by atoms with E-state index in [0.717, 1.165) is 12.1 Å². The summed E-state index contributed by atoms with van der Waals surface area (Å²) in [5.41, 5.74) is 0.0639. The fourth-order valence-electron chi connectivity index (χ4n) is 1.37. The summed E-state index contributed by atoms with van der Waals surface area (Å²) in [5.74, 6) is -1.63. The van der Waals surface area contributed by atoms with Crippen LogP contribution >= 0.6 is 23.2 Å². The Morgan fingerprint density at radius 3 is 2.21 bits per heavy atom. The summed E-state index contributed by atoms with van der Waals surface area (Å²) in [6.07, 6.45) is 0. The van der Waals surface area contributed by atoms with Gasteiger partial charge in [-0.15, -0.1) is 0 Å². The van der Waals surface area contributed by atoms with Gasteiger partial charge in [0.1, 0.15) is 0 Å². The van der Waals surface area contributed by atoms with Crippen LogP contribution in [0.3, 0.4) is 0 Å². The number of aliphatic carboxylic acids is 1. The number of carbonyl (C=O) groups is 1. The Labute approximate surface area is 119 Å². The van der Waals surface area contributed by atoms with Gasteiger partial charge in [-0.05, 0) is 13.8 Å². The molecule has 0 radical (unpaired) electrons. The molecule has 0 heterocycles. The Bertz CT molecular complexity index is 498. The molecule has 19 heavy (non-hydrogen) atoms. The number of non-ortho nitro benzene ring substituents is 1. The standard InChI is InChI=1S/C11H12Cl2N2O4/c1-5(11(16)17)6(2)14-10-8(12)3-7(15(18)19)4-9(10)13/h3-6,14H,1-2H3,(H,16,17). The molecule has 0 spiro atoms. The van der Waals surface area contributed by atoms with Crippen LogP contribution in [0.5, 0.6) is 0 Å². The summed E-state index contributed by atoms with van der Waals surface area (Å²) in [4.78, 5) is 20.9. The SMILES string of the molecule is CC(Nc1c(Cl)cc([N+](=O)[O-])cc1Cl)C(C)C(=O)O. The molecule has 0 aliphatic rings. The lowest BCUT2D eigenvalue weighted by Gasteiger charge is -2.20. The van der Waals surface area contributed by atoms with Crippen molar-refractivity contribution in [2.24, 2.45) is 5.92 Å². The van der Waals surface area contributed by atoms with Crippen molar-refractivity contribution in [1.29, 1.82) is 0 Å². The molecule has 2 N–H and O–H groups in total. The summed E-state index contributed by atoms with van der Waals surface area (Å²) in [6.45, 7) is 3.19. The van der Waals surface area contributed by atoms with Gasteiger partial charge in [0, 0.05) is 18.2 Å². The van der Waals surface area contributed by atoms with Crippen LogP contribution in [0.4, 0.5) is 11.4 Å². The Morgan fingerprint density at radius 2 is 1.84 bits per heavy atom. The number of benzene rings is 1. The van der Waals surface area contributed by atoms with Gasteiger partial charge in [0.15, 0.2) is 0 Å². The summed E-state index contributed by atoms with van der Waals surface area (Å²) in [5, 5.41) is 22.5. The van der Waals surface area contributed by atoms with E-state index in [1.165, 1.54) is 6.92 Å². The van der Waals surface area contributed by atoms with Crippen LogP contribution in [0.2, 0.25) is 10.0 Å². The largest absolute Gasteiger partial charge is 0.481 e. The molecule has 1 rings (SSSR count). The third-order valence-electron chi connectivity index (χ3n) is 2.75. The van der Waals surface area contributed by atoms with Crippen molar-refractivity contribution in [3.05, 3.63) is 32.3 Å². The number of hydrogen-bond donors (Lipinski definition) is 2. The topological polar surface area (TPSA) is 92.5 Å². The lowest BCUT2D eigenvalue weighted by atomic mass is 10.0. The first-order valence-electron chi connectivity index (χ1n) is 5.36. The molecule has 0 aliphatic heterocycles. The number of nitrogens with zero attached hydrogens (tertiary/aromatic N) is 1. The second-order valence-corrected chi connectivity index (χ2v) is 4.92. The minimum atomic E-state index is -0.964. The third-order valence-corrected chi connectivity index (χ3v) is 3.35. The molecular formula is C11H12Cl2N2O4. The molecule has 6 nitrogen and oxygen atoms in total. The molecule has 0 saturated carbocycles. The van der Waals surface area contributed by atoms with Gasteiger partial charge in [-0.25, -0.2) is 0 Å². The average molecular weight is 307 g/mol. The van der Waals surface area contributed by atoms with E-state index in [-0.39, 0.29) is 21.4 Å². The van der Waals surface area contributed by atoms with E-state index in [4.69, 9.17) is 28.3 Å². The predicted molar refractivity (Wildman–Crippen MR) is 73.0 cm³/mol. The highest BCUT2D eigenvalue weighted by Crippen LogP contribution is 2.35. The van der Waals surface area contributed by atoms with Crippen LogP contribution < -0.4 is 5.32 Å². The molecule has 0 fully saturated rings. The molecule has 8 heteroatoms. The molecule has 2 unspecified atom stereocenters. The van der Waals surface area contributed by atoms with Crippen LogP contribution in [-0.2, 0) is 4.79 Å². The summed E-state index contributed by atoms with van der Waals surface area (Å²) in [6, 6.07) is 1.89. The number of carboxylic acids is 1. The van der Waals surface area contributed by atoms with Crippen LogP contribution in [0.25, 0.3) is 0 Å². The van der Waals surface area contributed by atoms with E-state index in [9.17, 15) is 14.9 Å². The van der Waals surface area contributed by atoms with Crippen molar-refractivity contribution in [3.63, 3.8) is 0 Å². The second kappa shape index (κ2) is 6.08. The molecule has 0 aromatic heterocycles. The minimum Gasteiger partial charge on any atom is -0.481 e. The van der Waals surface area contributed by atoms with Crippen molar-refractivity contribution < 1.29 is 14.8 Å². The number of carboxylic acid groups (broad SMARTS) is 1. The monoisotopic (exact) mass is 306 g/mol. The van der Waals surface area contributed by atoms with Gasteiger partial charge in [-0.3, -0.25) is 14.9 Å². The summed E-state index contributed by atoms with van der Waals surface area (Å²) in [7, 11) is 0. The Balaban J connectivity index is 3.03. The fraction of sp³-hybridized carbons (Fsp3) is 0.364. The first kappa shape index (κ1) is 15.5. The molecule has 2 atom stereocenters. The maximum Gasteiger partial charge on any atom is 0.308 e. The fourth-order valence-corrected chi connectivity index (χ4v) is 1.95. The van der Waals surface area contributed by atoms with Crippen molar-refractivity contribution in [1.82, 2.24) is 0 Å². The first-order valence-corrected chi connectivity index (χ1v) is 6.12. The number of hydrogen-bond acceptors (Lipinski definition) is 4. The van der Waals surface area contributed by atoms with Gasteiger partial charge in [0.2, 0.25) is 0 Å². The van der Waals surface area contributed by atoms with Gasteiger partial charge >= 0.3 is 5.97 Å². The number of nitrogens with one attached hydrogen (secondary N) is 1. The molecular weight excluding hydrogens is 295 g/mol. The van der Waals surface area contributed by atoms with Crippen molar-refractivity contribution in [3.8, 4) is 0 Å². The van der Waals surface area contributed by atoms with E-state index >= 15 is 0 Å². The van der Waals surface area contributed by atoms with Crippen molar-refractivity contribution in [2.75, 3.05) is 5.32 Å². The highest BCUT2D eigenvalue weighted by atomic mass is 35.5. The lowest BCUT2D eigenvalue weighted by molar-refractivity contribution is -0.384. The molecule has 104 valence electrons. The van der Waals surface area contributed by atoms with Crippen LogP contribution in [-0.4, -0.2) is 22.0 Å². The average Bonchev–Trinajstić information content (AvgIpc) is 2.31. The number of nitro benzene ring substituents is 1. The highest BCUT2D eigenvalue weighted by Gasteiger charge is 2.22. The summed E-state index contributed by atoms with van der Waals surface area (Å²) < 4.78 is 0. The van der Waals surface area contributed by atoms with Crippen LogP contribution in [0.1, 0.15) is 13.8 Å². The van der Waals surface area contributed by atoms with Crippen LogP contribution in [0.15, 0.2) is 12.1 Å². The molecule has 0 aliphatic carbocycles. The maximum absolute atomic E-state index is 10.8. The predicted octanol–water partition coefficient (Wildman–Crippen LogP) is 3.42. The molecule has 0 bridgehead atoms. The maximum atomic E-state index is 10.8. The zero-order valence-corrected chi connectivity index (χ0v) is 11.7. The van der Waals surface area contributed by atoms with Gasteiger partial charge in [0.05, 0.1) is 26.6 Å². The quantitative estimate of drug-likeness (QED) is 0.642. The van der Waals surface area contributed by atoms with Crippen molar-refractivity contribution in [2.45, 2.75) is 19.9 Å². The second-order valence-electron chi connectivity index (χ2n) is 4.10. The number of anilines is 1. The number of halogens is 2. The van der Waals surface area contributed by atoms with E-state index in [2.05, 4.69) is 5.32 Å². The zero-order chi connectivity index (χ0) is 14.7. The van der Waals surface area contributed by atoms with E-state index in [0.29, 0.717) is 0 Å².